The molecule has 0 bridgehead atoms. The largest absolute Gasteiger partial charge is 0.301 e. The predicted molar refractivity (Wildman–Crippen MR) is 108 cm³/mol. The third kappa shape index (κ3) is 3.60. The number of benzene rings is 2. The zero-order chi connectivity index (χ0) is 18.8. The first-order valence-corrected chi connectivity index (χ1v) is 9.38. The van der Waals surface area contributed by atoms with Crippen LogP contribution in [-0.4, -0.2) is 14.8 Å². The molecule has 0 atom stereocenters. The third-order valence-electron chi connectivity index (χ3n) is 3.89. The summed E-state index contributed by atoms with van der Waals surface area (Å²) in [7, 11) is 0. The predicted octanol–water partition coefficient (Wildman–Crippen LogP) is 5.67. The normalized spacial score (nSPS) is 11.3. The van der Waals surface area contributed by atoms with Gasteiger partial charge in [0, 0.05) is 16.0 Å². The number of aryl methyl sites for hydroxylation is 1. The summed E-state index contributed by atoms with van der Waals surface area (Å²) in [4.78, 5) is 17.3. The Bertz CT molecular complexity index is 1160. The second kappa shape index (κ2) is 7.30. The highest BCUT2D eigenvalue weighted by molar-refractivity contribution is 7.12. The van der Waals surface area contributed by atoms with Crippen LogP contribution in [0.25, 0.3) is 16.4 Å². The van der Waals surface area contributed by atoms with E-state index in [1.165, 1.54) is 16.0 Å². The van der Waals surface area contributed by atoms with Crippen molar-refractivity contribution in [2.24, 2.45) is 10.2 Å². The van der Waals surface area contributed by atoms with Gasteiger partial charge in [0.15, 0.2) is 5.69 Å². The molecule has 0 fully saturated rings. The summed E-state index contributed by atoms with van der Waals surface area (Å²) in [5.74, 6) is 0. The van der Waals surface area contributed by atoms with E-state index in [-0.39, 0.29) is 11.2 Å². The molecule has 0 aliphatic rings. The van der Waals surface area contributed by atoms with E-state index in [2.05, 4.69) is 20.3 Å². The highest BCUT2D eigenvalue weighted by Gasteiger charge is 2.15. The molecule has 0 aliphatic carbocycles. The highest BCUT2D eigenvalue weighted by Crippen LogP contribution is 2.25. The van der Waals surface area contributed by atoms with Crippen LogP contribution in [0.4, 0.5) is 11.4 Å². The highest BCUT2D eigenvalue weighted by atomic mass is 35.5. The molecule has 0 saturated heterocycles. The Morgan fingerprint density at radius 2 is 1.81 bits per heavy atom. The molecule has 6 nitrogen and oxygen atoms in total. The van der Waals surface area contributed by atoms with E-state index in [1.54, 1.807) is 6.92 Å². The minimum atomic E-state index is -0.288. The zero-order valence-corrected chi connectivity index (χ0v) is 15.8. The molecule has 0 unspecified atom stereocenters. The Labute approximate surface area is 163 Å². The fourth-order valence-electron chi connectivity index (χ4n) is 2.51. The number of hydrogen-bond donors (Lipinski definition) is 1. The van der Waals surface area contributed by atoms with Gasteiger partial charge in [-0.3, -0.25) is 9.89 Å². The summed E-state index contributed by atoms with van der Waals surface area (Å²) in [6.07, 6.45) is 0. The number of nitrogens with zero attached hydrogens (tertiary/aromatic N) is 4. The molecule has 4 rings (SSSR count). The lowest BCUT2D eigenvalue weighted by molar-refractivity contribution is 0.827. The third-order valence-corrected chi connectivity index (χ3v) is 4.96. The fourth-order valence-corrected chi connectivity index (χ4v) is 3.43. The molecule has 0 spiro atoms. The first kappa shape index (κ1) is 17.4. The van der Waals surface area contributed by atoms with Crippen LogP contribution >= 0.6 is 22.9 Å². The Hall–Kier alpha value is -3.03. The van der Waals surface area contributed by atoms with E-state index in [0.29, 0.717) is 21.5 Å². The Morgan fingerprint density at radius 1 is 1.07 bits per heavy atom. The lowest BCUT2D eigenvalue weighted by Crippen LogP contribution is -2.13. The number of rotatable bonds is 4. The number of H-pyrrole nitrogens is 1. The molecule has 2 aromatic heterocycles. The van der Waals surface area contributed by atoms with E-state index < -0.39 is 0 Å². The second-order valence-electron chi connectivity index (χ2n) is 5.78. The van der Waals surface area contributed by atoms with Crippen molar-refractivity contribution in [2.45, 2.75) is 6.92 Å². The maximum Gasteiger partial charge on any atom is 0.301 e. The quantitative estimate of drug-likeness (QED) is 0.452. The maximum atomic E-state index is 12.7. The van der Waals surface area contributed by atoms with E-state index in [1.807, 2.05) is 60.0 Å². The number of halogens is 1. The van der Waals surface area contributed by atoms with Crippen molar-refractivity contribution < 1.29 is 0 Å². The van der Waals surface area contributed by atoms with Crippen molar-refractivity contribution in [3.05, 3.63) is 81.0 Å². The van der Waals surface area contributed by atoms with Gasteiger partial charge in [-0.25, -0.2) is 4.98 Å². The average molecular weight is 396 g/mol. The van der Waals surface area contributed by atoms with E-state index in [9.17, 15) is 4.79 Å². The summed E-state index contributed by atoms with van der Waals surface area (Å²) < 4.78 is 1.39. The number of nitrogens with one attached hydrogen (secondary N) is 1. The van der Waals surface area contributed by atoms with Gasteiger partial charge < -0.3 is 0 Å². The Balaban J connectivity index is 1.67. The maximum absolute atomic E-state index is 12.7. The molecule has 4 aromatic rings. The number of azo groups is 1. The number of aromatic nitrogens is 3. The topological polar surface area (TPSA) is 75.4 Å². The molecule has 0 aliphatic heterocycles. The Morgan fingerprint density at radius 3 is 2.56 bits per heavy atom. The Kier molecular flexibility index (Phi) is 4.70. The molecular weight excluding hydrogens is 382 g/mol. The van der Waals surface area contributed by atoms with Crippen LogP contribution in [0, 0.1) is 6.92 Å². The average Bonchev–Trinajstić information content (AvgIpc) is 3.27. The van der Waals surface area contributed by atoms with Crippen LogP contribution in [0.1, 0.15) is 5.69 Å². The van der Waals surface area contributed by atoms with Gasteiger partial charge in [-0.15, -0.1) is 16.5 Å². The molecule has 27 heavy (non-hydrogen) atoms. The summed E-state index contributed by atoms with van der Waals surface area (Å²) in [6, 6.07) is 16.7. The smallest absolute Gasteiger partial charge is 0.291 e. The van der Waals surface area contributed by atoms with Crippen molar-refractivity contribution in [3.8, 4) is 16.4 Å². The summed E-state index contributed by atoms with van der Waals surface area (Å²) in [5.41, 5.74) is 3.00. The van der Waals surface area contributed by atoms with Gasteiger partial charge in [-0.2, -0.15) is 9.80 Å². The van der Waals surface area contributed by atoms with Crippen molar-refractivity contribution in [2.75, 3.05) is 0 Å². The van der Waals surface area contributed by atoms with Crippen LogP contribution < -0.4 is 5.56 Å². The minimum absolute atomic E-state index is 0.266. The fraction of sp³-hybridized carbons (Fsp3) is 0.0526. The van der Waals surface area contributed by atoms with E-state index >= 15 is 0 Å². The standard InChI is InChI=1S/C19H14ClN5OS/c1-12-17(23-22-15-5-3-2-4-6-15)18(26)25(24-12)19-21-16(11-27-19)13-7-9-14(20)10-8-13/h2-11,24H,1H3. The van der Waals surface area contributed by atoms with E-state index in [0.717, 1.165) is 11.3 Å². The molecule has 8 heteroatoms. The van der Waals surface area contributed by atoms with Crippen molar-refractivity contribution in [3.63, 3.8) is 0 Å². The SMILES string of the molecule is Cc1[nH]n(-c2nc(-c3ccc(Cl)cc3)cs2)c(=O)c1N=Nc1ccccc1. The number of thiazole rings is 1. The number of hydrogen-bond acceptors (Lipinski definition) is 5. The lowest BCUT2D eigenvalue weighted by atomic mass is 10.2. The molecule has 0 amide bonds. The van der Waals surface area contributed by atoms with Crippen LogP contribution in [0.5, 0.6) is 0 Å². The zero-order valence-electron chi connectivity index (χ0n) is 14.3. The van der Waals surface area contributed by atoms with Gasteiger partial charge in [0.25, 0.3) is 0 Å². The first-order chi connectivity index (χ1) is 13.1. The first-order valence-electron chi connectivity index (χ1n) is 8.12. The van der Waals surface area contributed by atoms with Gasteiger partial charge in [0.05, 0.1) is 17.1 Å². The molecule has 1 N–H and O–H groups in total. The molecule has 0 saturated carbocycles. The molecule has 134 valence electrons. The summed E-state index contributed by atoms with van der Waals surface area (Å²) in [6.45, 7) is 1.78. The van der Waals surface area contributed by atoms with Gasteiger partial charge in [0.1, 0.15) is 0 Å². The molecule has 2 heterocycles. The number of aromatic amines is 1. The van der Waals surface area contributed by atoms with E-state index in [4.69, 9.17) is 11.6 Å². The summed E-state index contributed by atoms with van der Waals surface area (Å²) in [5, 5.41) is 14.4. The van der Waals surface area contributed by atoms with Crippen molar-refractivity contribution >= 4 is 34.3 Å². The molecule has 0 radical (unpaired) electrons. The van der Waals surface area contributed by atoms with Gasteiger partial charge >= 0.3 is 5.56 Å². The van der Waals surface area contributed by atoms with Crippen molar-refractivity contribution in [1.29, 1.82) is 0 Å². The van der Waals surface area contributed by atoms with Gasteiger partial charge in [-0.1, -0.05) is 41.9 Å². The van der Waals surface area contributed by atoms with Gasteiger partial charge in [-0.05, 0) is 31.2 Å². The van der Waals surface area contributed by atoms with Gasteiger partial charge in [0.2, 0.25) is 5.13 Å². The molecule has 2 aromatic carbocycles. The molecular formula is C19H14ClN5OS. The minimum Gasteiger partial charge on any atom is -0.291 e. The lowest BCUT2D eigenvalue weighted by Gasteiger charge is -1.97. The monoisotopic (exact) mass is 395 g/mol. The summed E-state index contributed by atoms with van der Waals surface area (Å²) >= 11 is 7.30. The van der Waals surface area contributed by atoms with Crippen LogP contribution in [0.15, 0.2) is 75.0 Å². The van der Waals surface area contributed by atoms with Crippen LogP contribution in [0.2, 0.25) is 5.02 Å². The van der Waals surface area contributed by atoms with Crippen LogP contribution in [0.3, 0.4) is 0 Å². The van der Waals surface area contributed by atoms with Crippen LogP contribution in [-0.2, 0) is 0 Å². The second-order valence-corrected chi connectivity index (χ2v) is 7.06. The van der Waals surface area contributed by atoms with Crippen molar-refractivity contribution in [1.82, 2.24) is 14.8 Å².